The lowest BCUT2D eigenvalue weighted by atomic mass is 10.1. The van der Waals surface area contributed by atoms with Crippen LogP contribution < -0.4 is 20.7 Å². The number of amides is 3. The van der Waals surface area contributed by atoms with Crippen LogP contribution in [0.3, 0.4) is 0 Å². The molecule has 0 saturated heterocycles. The van der Waals surface area contributed by atoms with Gasteiger partial charge in [0.1, 0.15) is 17.5 Å². The van der Waals surface area contributed by atoms with Crippen LogP contribution in [0.2, 0.25) is 0 Å². The lowest BCUT2D eigenvalue weighted by Crippen LogP contribution is -2.42. The van der Waals surface area contributed by atoms with Crippen molar-refractivity contribution in [3.05, 3.63) is 88.5 Å². The number of hydrogen-bond donors (Lipinski definition) is 3. The molecule has 12 nitrogen and oxygen atoms in total. The summed E-state index contributed by atoms with van der Waals surface area (Å²) in [6.45, 7) is 13.9. The van der Waals surface area contributed by atoms with E-state index in [0.29, 0.717) is 25.9 Å². The molecule has 0 heterocycles. The molecule has 258 valence electrons. The van der Waals surface area contributed by atoms with Crippen LogP contribution in [-0.4, -0.2) is 68.9 Å². The van der Waals surface area contributed by atoms with Crippen LogP contribution >= 0.6 is 0 Å². The molecule has 0 aliphatic carbocycles. The largest absolute Gasteiger partial charge is 0.497 e. The third kappa shape index (κ3) is 27.1. The quantitative estimate of drug-likeness (QED) is 0.112. The van der Waals surface area contributed by atoms with Crippen molar-refractivity contribution in [3.63, 3.8) is 0 Å². The highest BCUT2D eigenvalue weighted by molar-refractivity contribution is 5.86. The Morgan fingerprint density at radius 3 is 2.09 bits per heavy atom. The van der Waals surface area contributed by atoms with Crippen LogP contribution in [0.1, 0.15) is 65.0 Å². The van der Waals surface area contributed by atoms with Crippen molar-refractivity contribution in [3.8, 4) is 5.75 Å². The normalized spacial score (nSPS) is 10.4. The number of ether oxygens (including phenoxy) is 3. The van der Waals surface area contributed by atoms with Crippen LogP contribution in [-0.2, 0) is 32.0 Å². The summed E-state index contributed by atoms with van der Waals surface area (Å²) in [6, 6.07) is 17.5. The molecule has 0 aliphatic heterocycles. The summed E-state index contributed by atoms with van der Waals surface area (Å²) in [5.41, 5.74) is 1.66. The number of methoxy groups -OCH3 is 2. The molecule has 3 N–H and O–H groups in total. The fourth-order valence-electron chi connectivity index (χ4n) is 3.25. The minimum absolute atomic E-state index is 0.123. The van der Waals surface area contributed by atoms with E-state index in [4.69, 9.17) is 24.3 Å². The third-order valence-corrected chi connectivity index (χ3v) is 5.16. The monoisotopic (exact) mass is 646 g/mol. The van der Waals surface area contributed by atoms with E-state index in [1.807, 2.05) is 54.6 Å². The molecule has 2 rings (SSSR count). The number of nitrogens with one attached hydrogen (secondary N) is 3. The van der Waals surface area contributed by atoms with Crippen molar-refractivity contribution >= 4 is 17.9 Å². The maximum atomic E-state index is 12.1. The Balaban J connectivity index is 0. The summed E-state index contributed by atoms with van der Waals surface area (Å²) in [6.07, 6.45) is 3.78. The van der Waals surface area contributed by atoms with E-state index in [1.165, 1.54) is 19.1 Å². The van der Waals surface area contributed by atoms with Gasteiger partial charge >= 0.3 is 6.09 Å². The number of nitro groups is 1. The number of allylic oxidation sites excluding steroid dienone is 1. The van der Waals surface area contributed by atoms with Crippen LogP contribution in [0.4, 0.5) is 4.79 Å². The van der Waals surface area contributed by atoms with Crippen LogP contribution in [0.5, 0.6) is 5.75 Å². The van der Waals surface area contributed by atoms with Crippen molar-refractivity contribution < 1.29 is 33.5 Å². The van der Waals surface area contributed by atoms with Gasteiger partial charge in [-0.1, -0.05) is 68.8 Å². The second-order valence-corrected chi connectivity index (χ2v) is 10.8. The van der Waals surface area contributed by atoms with Crippen molar-refractivity contribution in [2.45, 2.75) is 78.6 Å². The van der Waals surface area contributed by atoms with Gasteiger partial charge in [-0.3, -0.25) is 19.7 Å². The molecular weight excluding hydrogens is 592 g/mol. The Labute approximate surface area is 274 Å². The predicted octanol–water partition coefficient (Wildman–Crippen LogP) is 5.47. The van der Waals surface area contributed by atoms with Crippen molar-refractivity contribution in [1.82, 2.24) is 16.0 Å². The SMILES string of the molecule is C=CCc1cccc(OC)c1.CCC.COC(CCCNC(=O)OC(C)(C)C)C(=O)NCC(=O)NCc1ccccc1.C[N+](=O)[O-]. The molecule has 0 aromatic heterocycles. The average Bonchev–Trinajstić information content (AvgIpc) is 2.99. The molecule has 2 aromatic carbocycles. The van der Waals surface area contributed by atoms with Gasteiger partial charge in [0.2, 0.25) is 11.8 Å². The molecule has 0 saturated carbocycles. The molecule has 3 amide bonds. The zero-order chi connectivity index (χ0) is 35.4. The fraction of sp³-hybridized carbons (Fsp3) is 0.500. The van der Waals surface area contributed by atoms with Crippen molar-refractivity contribution in [1.29, 1.82) is 0 Å². The smallest absolute Gasteiger partial charge is 0.407 e. The minimum atomic E-state index is -0.692. The molecule has 0 radical (unpaired) electrons. The van der Waals surface area contributed by atoms with Gasteiger partial charge < -0.3 is 30.2 Å². The molecule has 1 atom stereocenters. The van der Waals surface area contributed by atoms with Crippen LogP contribution in [0, 0.1) is 10.1 Å². The van der Waals surface area contributed by atoms with E-state index in [-0.39, 0.29) is 18.4 Å². The van der Waals surface area contributed by atoms with Gasteiger partial charge in [-0.15, -0.1) is 6.58 Å². The fourth-order valence-corrected chi connectivity index (χ4v) is 3.25. The zero-order valence-corrected chi connectivity index (χ0v) is 28.7. The average molecular weight is 647 g/mol. The molecule has 0 aliphatic rings. The van der Waals surface area contributed by atoms with Crippen LogP contribution in [0.25, 0.3) is 0 Å². The number of hydrogen-bond acceptors (Lipinski definition) is 8. The Morgan fingerprint density at radius 2 is 1.57 bits per heavy atom. The Hall–Kier alpha value is -4.45. The topological polar surface area (TPSA) is 158 Å². The lowest BCUT2D eigenvalue weighted by molar-refractivity contribution is -0.445. The van der Waals surface area contributed by atoms with E-state index in [0.717, 1.165) is 24.8 Å². The molecule has 46 heavy (non-hydrogen) atoms. The predicted molar refractivity (Wildman–Crippen MR) is 181 cm³/mol. The summed E-state index contributed by atoms with van der Waals surface area (Å²) in [5.74, 6) is 0.262. The van der Waals surface area contributed by atoms with Gasteiger partial charge in [0.25, 0.3) is 0 Å². The molecule has 0 spiro atoms. The Bertz CT molecular complexity index is 1130. The van der Waals surface area contributed by atoms with Gasteiger partial charge in [-0.05, 0) is 63.3 Å². The second-order valence-electron chi connectivity index (χ2n) is 10.8. The summed E-state index contributed by atoms with van der Waals surface area (Å²) < 4.78 is 15.4. The highest BCUT2D eigenvalue weighted by Gasteiger charge is 2.19. The molecule has 2 aromatic rings. The first kappa shape index (κ1) is 43.7. The van der Waals surface area contributed by atoms with Gasteiger partial charge in [0.15, 0.2) is 7.05 Å². The standard InChI is InChI=1S/C20H31N3O5.C10H12O.C3H8.CH3NO2/c1-20(2,3)28-19(26)21-12-8-11-16(27-4)18(25)23-14-17(24)22-13-15-9-6-5-7-10-15;1-3-5-9-6-4-7-10(8-9)11-2;1-3-2;1-2(3)4/h5-7,9-10,16H,8,11-14H2,1-4H3,(H,21,26)(H,22,24)(H,23,25);3-4,6-8H,1,5H2,2H3;3H2,1-2H3;1H3. The van der Waals surface area contributed by atoms with Gasteiger partial charge in [-0.25, -0.2) is 4.79 Å². The first-order valence-corrected chi connectivity index (χ1v) is 15.1. The number of carbonyl (C=O) groups is 3. The van der Waals surface area contributed by atoms with Gasteiger partial charge in [0, 0.05) is 25.1 Å². The first-order valence-electron chi connectivity index (χ1n) is 15.1. The summed E-state index contributed by atoms with van der Waals surface area (Å²) >= 11 is 0. The van der Waals surface area contributed by atoms with Crippen molar-refractivity contribution in [2.75, 3.05) is 34.4 Å². The maximum absolute atomic E-state index is 12.1. The number of benzene rings is 2. The first-order chi connectivity index (χ1) is 21.7. The summed E-state index contributed by atoms with van der Waals surface area (Å²) in [7, 11) is 3.99. The van der Waals surface area contributed by atoms with Crippen LogP contribution in [0.15, 0.2) is 67.3 Å². The summed E-state index contributed by atoms with van der Waals surface area (Å²) in [4.78, 5) is 43.9. The van der Waals surface area contributed by atoms with E-state index >= 15 is 0 Å². The number of nitrogens with zero attached hydrogens (tertiary/aromatic N) is 1. The third-order valence-electron chi connectivity index (χ3n) is 5.16. The zero-order valence-electron chi connectivity index (χ0n) is 28.7. The molecule has 1 unspecified atom stereocenters. The minimum Gasteiger partial charge on any atom is -0.497 e. The molecule has 0 bridgehead atoms. The number of alkyl carbamates (subject to hydrolysis) is 1. The van der Waals surface area contributed by atoms with E-state index in [2.05, 4.69) is 42.4 Å². The van der Waals surface area contributed by atoms with Gasteiger partial charge in [0.05, 0.1) is 13.7 Å². The number of rotatable bonds is 13. The number of carbonyl (C=O) groups excluding carboxylic acids is 3. The Morgan fingerprint density at radius 1 is 0.978 bits per heavy atom. The van der Waals surface area contributed by atoms with Gasteiger partial charge in [-0.2, -0.15) is 0 Å². The summed E-state index contributed by atoms with van der Waals surface area (Å²) in [5, 5.41) is 16.7. The molecular formula is C34H54N4O8. The molecule has 12 heteroatoms. The lowest BCUT2D eigenvalue weighted by Gasteiger charge is -2.20. The second kappa shape index (κ2) is 26.9. The highest BCUT2D eigenvalue weighted by Crippen LogP contribution is 2.12. The van der Waals surface area contributed by atoms with E-state index in [9.17, 15) is 14.4 Å². The Kier molecular flexibility index (Phi) is 25.6. The van der Waals surface area contributed by atoms with E-state index in [1.54, 1.807) is 27.9 Å². The maximum Gasteiger partial charge on any atom is 0.407 e. The van der Waals surface area contributed by atoms with Crippen molar-refractivity contribution in [2.24, 2.45) is 0 Å². The highest BCUT2D eigenvalue weighted by atomic mass is 16.6. The van der Waals surface area contributed by atoms with E-state index < -0.39 is 22.7 Å². The molecule has 0 fully saturated rings.